The highest BCUT2D eigenvalue weighted by molar-refractivity contribution is 6.06. The second-order valence-electron chi connectivity index (χ2n) is 7.50. The first-order valence-corrected chi connectivity index (χ1v) is 10.0. The van der Waals surface area contributed by atoms with Gasteiger partial charge in [-0.15, -0.1) is 0 Å². The fourth-order valence-electron chi connectivity index (χ4n) is 3.86. The average molecular weight is 407 g/mol. The summed E-state index contributed by atoms with van der Waals surface area (Å²) in [6.07, 6.45) is 4.13. The molecule has 1 N–H and O–H groups in total. The highest BCUT2D eigenvalue weighted by Crippen LogP contribution is 2.30. The lowest BCUT2D eigenvalue weighted by Crippen LogP contribution is -2.28. The summed E-state index contributed by atoms with van der Waals surface area (Å²) in [5.41, 5.74) is 2.81. The Morgan fingerprint density at radius 3 is 2.90 bits per heavy atom. The van der Waals surface area contributed by atoms with Crippen LogP contribution >= 0.6 is 0 Å². The second kappa shape index (κ2) is 8.62. The zero-order valence-corrected chi connectivity index (χ0v) is 17.2. The van der Waals surface area contributed by atoms with Gasteiger partial charge in [0.15, 0.2) is 0 Å². The van der Waals surface area contributed by atoms with Crippen LogP contribution in [0.4, 0.5) is 0 Å². The molecule has 1 atom stereocenters. The number of rotatable bonds is 6. The molecule has 3 aromatic rings. The van der Waals surface area contributed by atoms with Crippen LogP contribution in [0.25, 0.3) is 10.9 Å². The fourth-order valence-corrected chi connectivity index (χ4v) is 3.86. The van der Waals surface area contributed by atoms with E-state index in [0.717, 1.165) is 23.0 Å². The molecule has 4 rings (SSSR count). The number of hydrogen-bond donors (Lipinski definition) is 1. The summed E-state index contributed by atoms with van der Waals surface area (Å²) in [7, 11) is 3.40. The standard InChI is InChI=1S/C22H25N5O3/c1-26-13-16(12-24-26)22(29)27-9-7-15(14-27)20-11-18(21(28)23-8-10-30-2)17-5-3-4-6-19(17)25-20/h3-6,11-13,15H,7-10,14H2,1-2H3,(H,23,28)/t15-/m0/s1. The van der Waals surface area contributed by atoms with E-state index in [1.807, 2.05) is 35.2 Å². The molecule has 0 radical (unpaired) electrons. The predicted molar refractivity (Wildman–Crippen MR) is 112 cm³/mol. The zero-order valence-electron chi connectivity index (χ0n) is 17.2. The van der Waals surface area contributed by atoms with Crippen molar-refractivity contribution in [3.8, 4) is 0 Å². The van der Waals surface area contributed by atoms with E-state index in [4.69, 9.17) is 9.72 Å². The lowest BCUT2D eigenvalue weighted by Gasteiger charge is -2.16. The Labute approximate surface area is 174 Å². The van der Waals surface area contributed by atoms with Crippen LogP contribution in [0.2, 0.25) is 0 Å². The van der Waals surface area contributed by atoms with Gasteiger partial charge in [0.1, 0.15) is 0 Å². The highest BCUT2D eigenvalue weighted by Gasteiger charge is 2.30. The number of nitrogens with one attached hydrogen (secondary N) is 1. The third kappa shape index (κ3) is 4.04. The molecule has 0 bridgehead atoms. The van der Waals surface area contributed by atoms with Crippen molar-refractivity contribution in [3.63, 3.8) is 0 Å². The number of carbonyl (C=O) groups is 2. The Bertz CT molecular complexity index is 1080. The normalized spacial score (nSPS) is 16.2. The summed E-state index contributed by atoms with van der Waals surface area (Å²) in [6.45, 7) is 2.12. The van der Waals surface area contributed by atoms with Crippen LogP contribution in [0, 0.1) is 0 Å². The number of fused-ring (bicyclic) bond motifs is 1. The van der Waals surface area contributed by atoms with Gasteiger partial charge in [0.2, 0.25) is 0 Å². The SMILES string of the molecule is COCCNC(=O)c1cc([C@H]2CCN(C(=O)c3cnn(C)c3)C2)nc2ccccc12. The first kappa shape index (κ1) is 20.0. The summed E-state index contributed by atoms with van der Waals surface area (Å²) in [4.78, 5) is 32.2. The monoisotopic (exact) mass is 407 g/mol. The number of benzene rings is 1. The molecular weight excluding hydrogens is 382 g/mol. The molecule has 1 aromatic carbocycles. The summed E-state index contributed by atoms with van der Waals surface area (Å²) in [5, 5.41) is 7.80. The van der Waals surface area contributed by atoms with Crippen LogP contribution < -0.4 is 5.32 Å². The van der Waals surface area contributed by atoms with E-state index in [1.54, 1.807) is 31.2 Å². The van der Waals surface area contributed by atoms with E-state index in [0.29, 0.717) is 37.4 Å². The number of amides is 2. The first-order valence-electron chi connectivity index (χ1n) is 10.0. The molecule has 30 heavy (non-hydrogen) atoms. The Hall–Kier alpha value is -3.26. The van der Waals surface area contributed by atoms with E-state index < -0.39 is 0 Å². The molecule has 156 valence electrons. The smallest absolute Gasteiger partial charge is 0.257 e. The van der Waals surface area contributed by atoms with Crippen LogP contribution in [-0.4, -0.2) is 64.8 Å². The number of carbonyl (C=O) groups excluding carboxylic acids is 2. The summed E-state index contributed by atoms with van der Waals surface area (Å²) in [6, 6.07) is 9.51. The molecule has 0 saturated carbocycles. The molecule has 8 nitrogen and oxygen atoms in total. The minimum atomic E-state index is -0.145. The number of likely N-dealkylation sites (tertiary alicyclic amines) is 1. The van der Waals surface area contributed by atoms with Gasteiger partial charge in [0.25, 0.3) is 11.8 Å². The van der Waals surface area contributed by atoms with Gasteiger partial charge in [-0.25, -0.2) is 0 Å². The van der Waals surface area contributed by atoms with Gasteiger partial charge in [-0.1, -0.05) is 18.2 Å². The van der Waals surface area contributed by atoms with Crippen molar-refractivity contribution in [3.05, 3.63) is 59.5 Å². The largest absolute Gasteiger partial charge is 0.383 e. The van der Waals surface area contributed by atoms with Crippen molar-refractivity contribution in [2.24, 2.45) is 7.05 Å². The van der Waals surface area contributed by atoms with Crippen LogP contribution in [0.1, 0.15) is 38.7 Å². The molecule has 8 heteroatoms. The summed E-state index contributed by atoms with van der Waals surface area (Å²) in [5.74, 6) is -0.0853. The van der Waals surface area contributed by atoms with E-state index in [1.165, 1.54) is 0 Å². The third-order valence-electron chi connectivity index (χ3n) is 5.42. The molecule has 1 saturated heterocycles. The second-order valence-corrected chi connectivity index (χ2v) is 7.50. The molecule has 0 unspecified atom stereocenters. The molecule has 2 amide bonds. The summed E-state index contributed by atoms with van der Waals surface area (Å²) < 4.78 is 6.65. The van der Waals surface area contributed by atoms with Gasteiger partial charge in [-0.05, 0) is 18.6 Å². The maximum Gasteiger partial charge on any atom is 0.257 e. The van der Waals surface area contributed by atoms with Crippen molar-refractivity contribution in [2.75, 3.05) is 33.4 Å². The van der Waals surface area contributed by atoms with Gasteiger partial charge < -0.3 is 15.0 Å². The van der Waals surface area contributed by atoms with Gasteiger partial charge in [0.05, 0.1) is 29.4 Å². The fraction of sp³-hybridized carbons (Fsp3) is 0.364. The van der Waals surface area contributed by atoms with Gasteiger partial charge >= 0.3 is 0 Å². The van der Waals surface area contributed by atoms with E-state index in [-0.39, 0.29) is 17.7 Å². The summed E-state index contributed by atoms with van der Waals surface area (Å²) >= 11 is 0. The van der Waals surface area contributed by atoms with E-state index in [9.17, 15) is 9.59 Å². The van der Waals surface area contributed by atoms with E-state index >= 15 is 0 Å². The molecule has 1 aliphatic heterocycles. The number of methoxy groups -OCH3 is 1. The van der Waals surface area contributed by atoms with E-state index in [2.05, 4.69) is 10.4 Å². The zero-order chi connectivity index (χ0) is 21.1. The quantitative estimate of drug-likeness (QED) is 0.631. The Morgan fingerprint density at radius 1 is 1.30 bits per heavy atom. The Balaban J connectivity index is 1.58. The molecule has 2 aromatic heterocycles. The number of ether oxygens (including phenoxy) is 1. The van der Waals surface area contributed by atoms with Gasteiger partial charge in [-0.2, -0.15) is 5.10 Å². The van der Waals surface area contributed by atoms with Crippen LogP contribution in [-0.2, 0) is 11.8 Å². The minimum Gasteiger partial charge on any atom is -0.383 e. The number of hydrogen-bond acceptors (Lipinski definition) is 5. The maximum atomic E-state index is 12.8. The molecule has 3 heterocycles. The molecule has 0 spiro atoms. The predicted octanol–water partition coefficient (Wildman–Crippen LogP) is 1.97. The minimum absolute atomic E-state index is 0.0241. The topological polar surface area (TPSA) is 89.4 Å². The first-order chi connectivity index (χ1) is 14.6. The highest BCUT2D eigenvalue weighted by atomic mass is 16.5. The number of para-hydroxylation sites is 1. The number of pyridine rings is 1. The van der Waals surface area contributed by atoms with Crippen LogP contribution in [0.5, 0.6) is 0 Å². The maximum absolute atomic E-state index is 12.8. The molecule has 0 aliphatic carbocycles. The number of nitrogens with zero attached hydrogens (tertiary/aromatic N) is 4. The van der Waals surface area contributed by atoms with Crippen molar-refractivity contribution >= 4 is 22.7 Å². The Kier molecular flexibility index (Phi) is 5.76. The van der Waals surface area contributed by atoms with Crippen LogP contribution in [0.15, 0.2) is 42.7 Å². The van der Waals surface area contributed by atoms with Crippen LogP contribution in [0.3, 0.4) is 0 Å². The number of aryl methyl sites for hydroxylation is 1. The number of aromatic nitrogens is 3. The molecule has 1 aliphatic rings. The van der Waals surface area contributed by atoms with Crippen molar-refractivity contribution < 1.29 is 14.3 Å². The van der Waals surface area contributed by atoms with Crippen molar-refractivity contribution in [1.29, 1.82) is 0 Å². The molecule has 1 fully saturated rings. The molecular formula is C22H25N5O3. The average Bonchev–Trinajstić information content (AvgIpc) is 3.42. The van der Waals surface area contributed by atoms with Crippen molar-refractivity contribution in [2.45, 2.75) is 12.3 Å². The van der Waals surface area contributed by atoms with Gasteiger partial charge in [-0.3, -0.25) is 19.3 Å². The third-order valence-corrected chi connectivity index (χ3v) is 5.42. The Morgan fingerprint density at radius 2 is 2.13 bits per heavy atom. The lowest BCUT2D eigenvalue weighted by atomic mass is 9.99. The van der Waals surface area contributed by atoms with Crippen molar-refractivity contribution in [1.82, 2.24) is 25.0 Å². The lowest BCUT2D eigenvalue weighted by molar-refractivity contribution is 0.0790. The van der Waals surface area contributed by atoms with Gasteiger partial charge in [0, 0.05) is 57.0 Å².